The number of fused-ring (bicyclic) bond motifs is 1. The third kappa shape index (κ3) is 2.84. The summed E-state index contributed by atoms with van der Waals surface area (Å²) < 4.78 is 0. The number of H-pyrrole nitrogens is 1. The number of aromatic nitrogens is 4. The predicted octanol–water partition coefficient (Wildman–Crippen LogP) is 1.65. The van der Waals surface area contributed by atoms with Crippen LogP contribution in [-0.4, -0.2) is 44.5 Å². The van der Waals surface area contributed by atoms with Gasteiger partial charge in [0.2, 0.25) is 0 Å². The van der Waals surface area contributed by atoms with Gasteiger partial charge < -0.3 is 10.0 Å². The largest absolute Gasteiger partial charge is 0.391 e. The topological polar surface area (TPSA) is 77.9 Å². The van der Waals surface area contributed by atoms with Crippen molar-refractivity contribution in [2.75, 3.05) is 18.0 Å². The van der Waals surface area contributed by atoms with Crippen molar-refractivity contribution in [1.29, 1.82) is 0 Å². The van der Waals surface area contributed by atoms with Crippen molar-refractivity contribution in [3.05, 3.63) is 12.0 Å². The molecule has 2 aromatic rings. The van der Waals surface area contributed by atoms with Gasteiger partial charge in [-0.15, -0.1) is 0 Å². The third-order valence-corrected chi connectivity index (χ3v) is 3.10. The van der Waals surface area contributed by atoms with Crippen LogP contribution in [0.4, 0.5) is 5.82 Å². The lowest BCUT2D eigenvalue weighted by Crippen LogP contribution is -2.38. The Kier molecular flexibility index (Phi) is 4.31. The molecule has 0 amide bonds. The van der Waals surface area contributed by atoms with E-state index in [1.54, 1.807) is 6.20 Å². The summed E-state index contributed by atoms with van der Waals surface area (Å²) in [4.78, 5) is 10.9. The highest BCUT2D eigenvalue weighted by Crippen LogP contribution is 2.25. The van der Waals surface area contributed by atoms with E-state index < -0.39 is 0 Å². The van der Waals surface area contributed by atoms with Gasteiger partial charge in [-0.05, 0) is 19.8 Å². The minimum absolute atomic E-state index is 0.263. The first-order chi connectivity index (χ1) is 9.24. The quantitative estimate of drug-likeness (QED) is 0.818. The van der Waals surface area contributed by atoms with Gasteiger partial charge in [-0.2, -0.15) is 5.10 Å². The van der Waals surface area contributed by atoms with Crippen molar-refractivity contribution in [3.63, 3.8) is 0 Å². The number of hydrogen-bond acceptors (Lipinski definition) is 5. The Balaban J connectivity index is 0.000000637. The second-order valence-corrected chi connectivity index (χ2v) is 4.47. The van der Waals surface area contributed by atoms with Crippen molar-refractivity contribution >= 4 is 16.9 Å². The van der Waals surface area contributed by atoms with Crippen LogP contribution in [0, 0.1) is 6.92 Å². The molecule has 0 aliphatic carbocycles. The maximum absolute atomic E-state index is 9.72. The van der Waals surface area contributed by atoms with Crippen molar-refractivity contribution in [1.82, 2.24) is 20.2 Å². The molecule has 1 fully saturated rings. The average molecular weight is 263 g/mol. The molecule has 2 aromatic heterocycles. The molecule has 0 bridgehead atoms. The molecule has 1 atom stereocenters. The molecule has 2 N–H and O–H groups in total. The Labute approximate surface area is 112 Å². The zero-order chi connectivity index (χ0) is 13.8. The first-order valence-electron chi connectivity index (χ1n) is 6.85. The number of nitrogens with one attached hydrogen (secondary N) is 1. The van der Waals surface area contributed by atoms with E-state index in [1.165, 1.54) is 0 Å². The summed E-state index contributed by atoms with van der Waals surface area (Å²) >= 11 is 0. The highest BCUT2D eigenvalue weighted by molar-refractivity contribution is 5.86. The lowest BCUT2D eigenvalue weighted by Gasteiger charge is -2.31. The number of aliphatic hydroxyl groups excluding tert-OH is 1. The molecule has 0 aromatic carbocycles. The minimum atomic E-state index is -0.263. The molecule has 3 heterocycles. The second kappa shape index (κ2) is 5.97. The summed E-state index contributed by atoms with van der Waals surface area (Å²) in [6, 6.07) is 0. The highest BCUT2D eigenvalue weighted by atomic mass is 16.3. The van der Waals surface area contributed by atoms with Crippen LogP contribution in [0.5, 0.6) is 0 Å². The lowest BCUT2D eigenvalue weighted by atomic mass is 10.1. The monoisotopic (exact) mass is 263 g/mol. The summed E-state index contributed by atoms with van der Waals surface area (Å²) in [5.74, 6) is 1.59. The molecule has 0 saturated carbocycles. The molecule has 19 heavy (non-hydrogen) atoms. The van der Waals surface area contributed by atoms with E-state index in [1.807, 2.05) is 20.8 Å². The Morgan fingerprint density at radius 2 is 2.16 bits per heavy atom. The molecule has 1 aliphatic heterocycles. The van der Waals surface area contributed by atoms with Gasteiger partial charge in [0.05, 0.1) is 17.7 Å². The van der Waals surface area contributed by atoms with Gasteiger partial charge in [0.15, 0.2) is 5.65 Å². The number of nitrogens with zero attached hydrogens (tertiary/aromatic N) is 4. The van der Waals surface area contributed by atoms with E-state index in [-0.39, 0.29) is 6.10 Å². The number of piperidine rings is 1. The normalized spacial score (nSPS) is 19.2. The van der Waals surface area contributed by atoms with Gasteiger partial charge in [0, 0.05) is 13.1 Å². The Morgan fingerprint density at radius 1 is 1.37 bits per heavy atom. The summed E-state index contributed by atoms with van der Waals surface area (Å²) in [6.07, 6.45) is 3.34. The molecule has 3 rings (SSSR count). The number of aryl methyl sites for hydroxylation is 1. The fraction of sp³-hybridized carbons (Fsp3) is 0.615. The Morgan fingerprint density at radius 3 is 2.89 bits per heavy atom. The molecule has 0 spiro atoms. The van der Waals surface area contributed by atoms with Crippen LogP contribution in [0.15, 0.2) is 6.20 Å². The highest BCUT2D eigenvalue weighted by Gasteiger charge is 2.21. The molecular formula is C13H21N5O. The van der Waals surface area contributed by atoms with Crippen LogP contribution >= 0.6 is 0 Å². The number of aromatic amines is 1. The maximum atomic E-state index is 9.72. The number of hydrogen-bond donors (Lipinski definition) is 2. The molecule has 1 aliphatic rings. The van der Waals surface area contributed by atoms with Gasteiger partial charge in [0.1, 0.15) is 11.6 Å². The number of aliphatic hydroxyl groups is 1. The summed E-state index contributed by atoms with van der Waals surface area (Å²) in [7, 11) is 0. The number of β-amino-alcohol motifs (C(OH)–C–C–N with tert-alkyl or cyclic N) is 1. The summed E-state index contributed by atoms with van der Waals surface area (Å²) in [5.41, 5.74) is 0.757. The van der Waals surface area contributed by atoms with Crippen LogP contribution in [0.1, 0.15) is 32.5 Å². The van der Waals surface area contributed by atoms with Crippen molar-refractivity contribution in [2.45, 2.75) is 39.7 Å². The van der Waals surface area contributed by atoms with Gasteiger partial charge in [0.25, 0.3) is 0 Å². The van der Waals surface area contributed by atoms with Crippen molar-refractivity contribution < 1.29 is 5.11 Å². The summed E-state index contributed by atoms with van der Waals surface area (Å²) in [6.45, 7) is 7.43. The minimum Gasteiger partial charge on any atom is -0.391 e. The number of anilines is 1. The van der Waals surface area contributed by atoms with Crippen LogP contribution < -0.4 is 4.90 Å². The molecule has 0 radical (unpaired) electrons. The number of rotatable bonds is 1. The van der Waals surface area contributed by atoms with E-state index in [2.05, 4.69) is 25.1 Å². The van der Waals surface area contributed by atoms with Crippen LogP contribution in [-0.2, 0) is 0 Å². The zero-order valence-electron chi connectivity index (χ0n) is 11.7. The lowest BCUT2D eigenvalue weighted by molar-refractivity contribution is 0.154. The van der Waals surface area contributed by atoms with Crippen molar-refractivity contribution in [3.8, 4) is 0 Å². The van der Waals surface area contributed by atoms with Crippen LogP contribution in [0.2, 0.25) is 0 Å². The van der Waals surface area contributed by atoms with Gasteiger partial charge >= 0.3 is 0 Å². The van der Waals surface area contributed by atoms with Gasteiger partial charge in [-0.1, -0.05) is 13.8 Å². The van der Waals surface area contributed by atoms with Crippen LogP contribution in [0.3, 0.4) is 0 Å². The first kappa shape index (κ1) is 13.7. The smallest absolute Gasteiger partial charge is 0.161 e. The van der Waals surface area contributed by atoms with Gasteiger partial charge in [-0.25, -0.2) is 9.97 Å². The van der Waals surface area contributed by atoms with Crippen molar-refractivity contribution in [2.24, 2.45) is 0 Å². The van der Waals surface area contributed by atoms with E-state index in [9.17, 15) is 5.11 Å². The molecule has 6 heteroatoms. The first-order valence-corrected chi connectivity index (χ1v) is 6.85. The molecular weight excluding hydrogens is 242 g/mol. The average Bonchev–Trinajstić information content (AvgIpc) is 2.88. The Bertz CT molecular complexity index is 539. The van der Waals surface area contributed by atoms with Gasteiger partial charge in [-0.3, -0.25) is 5.10 Å². The van der Waals surface area contributed by atoms with E-state index >= 15 is 0 Å². The van der Waals surface area contributed by atoms with Crippen LogP contribution in [0.25, 0.3) is 11.0 Å². The third-order valence-electron chi connectivity index (χ3n) is 3.10. The molecule has 1 unspecified atom stereocenters. The summed E-state index contributed by atoms with van der Waals surface area (Å²) in [5, 5.41) is 17.5. The SMILES string of the molecule is CC.Cc1nc(N2CCCC(O)C2)c2cn[nH]c2n1. The van der Waals surface area contributed by atoms with E-state index in [4.69, 9.17) is 0 Å². The standard InChI is InChI=1S/C11H15N5O.C2H6/c1-7-13-10-9(5-12-15-10)11(14-7)16-4-2-3-8(17)6-16;1-2/h5,8,17H,2-4,6H2,1H3,(H,12,13,14,15);1-2H3. The molecule has 6 nitrogen and oxygen atoms in total. The second-order valence-electron chi connectivity index (χ2n) is 4.47. The molecule has 104 valence electrons. The van der Waals surface area contributed by atoms with E-state index in [0.717, 1.165) is 42.1 Å². The predicted molar refractivity (Wildman–Crippen MR) is 75.2 cm³/mol. The molecule has 1 saturated heterocycles. The van der Waals surface area contributed by atoms with E-state index in [0.29, 0.717) is 6.54 Å². The maximum Gasteiger partial charge on any atom is 0.161 e. The zero-order valence-corrected chi connectivity index (χ0v) is 11.7. The Hall–Kier alpha value is -1.69. The fourth-order valence-corrected chi connectivity index (χ4v) is 2.32. The fourth-order valence-electron chi connectivity index (χ4n) is 2.32.